The molecule has 2 aromatic rings. The molecular weight excluding hydrogens is 224 g/mol. The van der Waals surface area contributed by atoms with Gasteiger partial charge in [0.1, 0.15) is 5.75 Å². The Bertz CT molecular complexity index is 508. The zero-order chi connectivity index (χ0) is 13.0. The Hall–Kier alpha value is -2.16. The number of phenolic OH excluding ortho intramolecular Hbond substituents is 1. The minimum atomic E-state index is 0.291. The highest BCUT2D eigenvalue weighted by Crippen LogP contribution is 2.18. The molecule has 0 aromatic heterocycles. The third kappa shape index (κ3) is 2.94. The van der Waals surface area contributed by atoms with Crippen molar-refractivity contribution in [1.82, 2.24) is 0 Å². The van der Waals surface area contributed by atoms with Gasteiger partial charge in [-0.25, -0.2) is 0 Å². The van der Waals surface area contributed by atoms with E-state index in [2.05, 4.69) is 11.0 Å². The van der Waals surface area contributed by atoms with Crippen LogP contribution >= 0.6 is 0 Å². The number of benzene rings is 2. The summed E-state index contributed by atoms with van der Waals surface area (Å²) in [6.07, 6.45) is 0.907. The van der Waals surface area contributed by atoms with Crippen LogP contribution in [0.4, 0.5) is 11.4 Å². The van der Waals surface area contributed by atoms with E-state index in [9.17, 15) is 5.11 Å². The smallest absolute Gasteiger partial charge is 0.115 e. The van der Waals surface area contributed by atoms with E-state index in [0.717, 1.165) is 24.3 Å². The Balaban J connectivity index is 1.98. The molecule has 2 aromatic carbocycles. The summed E-state index contributed by atoms with van der Waals surface area (Å²) in [6, 6.07) is 15.1. The van der Waals surface area contributed by atoms with Crippen LogP contribution in [0.25, 0.3) is 0 Å². The quantitative estimate of drug-likeness (QED) is 0.810. The van der Waals surface area contributed by atoms with Crippen molar-refractivity contribution < 1.29 is 5.11 Å². The molecule has 0 aliphatic heterocycles. The Morgan fingerprint density at radius 2 is 1.72 bits per heavy atom. The summed E-state index contributed by atoms with van der Waals surface area (Å²) in [4.78, 5) is 2.14. The van der Waals surface area contributed by atoms with E-state index in [0.29, 0.717) is 5.75 Å². The second-order valence-electron chi connectivity index (χ2n) is 4.39. The lowest BCUT2D eigenvalue weighted by molar-refractivity contribution is 0.475. The van der Waals surface area contributed by atoms with Gasteiger partial charge in [0.2, 0.25) is 0 Å². The molecule has 0 aliphatic carbocycles. The SMILES string of the molecule is CN(CCc1ccccc1N)c1ccc(O)cc1. The van der Waals surface area contributed by atoms with Crippen molar-refractivity contribution in [1.29, 1.82) is 0 Å². The second-order valence-corrected chi connectivity index (χ2v) is 4.39. The molecule has 0 aliphatic rings. The van der Waals surface area contributed by atoms with Crippen molar-refractivity contribution in [2.45, 2.75) is 6.42 Å². The number of phenols is 1. The Morgan fingerprint density at radius 1 is 1.06 bits per heavy atom. The largest absolute Gasteiger partial charge is 0.508 e. The highest BCUT2D eigenvalue weighted by Gasteiger charge is 2.03. The summed E-state index contributed by atoms with van der Waals surface area (Å²) < 4.78 is 0. The molecule has 0 saturated carbocycles. The number of nitrogens with zero attached hydrogens (tertiary/aromatic N) is 1. The van der Waals surface area contributed by atoms with Crippen molar-refractivity contribution in [3.63, 3.8) is 0 Å². The maximum absolute atomic E-state index is 9.25. The topological polar surface area (TPSA) is 49.5 Å². The molecule has 3 heteroatoms. The number of nitrogens with two attached hydrogens (primary N) is 1. The van der Waals surface area contributed by atoms with Gasteiger partial charge in [-0.1, -0.05) is 18.2 Å². The van der Waals surface area contributed by atoms with E-state index < -0.39 is 0 Å². The summed E-state index contributed by atoms with van der Waals surface area (Å²) in [5.41, 5.74) is 9.01. The summed E-state index contributed by atoms with van der Waals surface area (Å²) in [5, 5.41) is 9.25. The van der Waals surface area contributed by atoms with Crippen molar-refractivity contribution in [3.8, 4) is 5.75 Å². The highest BCUT2D eigenvalue weighted by molar-refractivity contribution is 5.50. The van der Waals surface area contributed by atoms with Gasteiger partial charge >= 0.3 is 0 Å². The standard InChI is InChI=1S/C15H18N2O/c1-17(13-6-8-14(18)9-7-13)11-10-12-4-2-3-5-15(12)16/h2-9,18H,10-11,16H2,1H3. The van der Waals surface area contributed by atoms with Gasteiger partial charge in [0.25, 0.3) is 0 Å². The van der Waals surface area contributed by atoms with Crippen molar-refractivity contribution in [3.05, 3.63) is 54.1 Å². The average Bonchev–Trinajstić information content (AvgIpc) is 2.38. The van der Waals surface area contributed by atoms with E-state index in [1.807, 2.05) is 37.4 Å². The lowest BCUT2D eigenvalue weighted by atomic mass is 10.1. The van der Waals surface area contributed by atoms with Gasteiger partial charge in [-0.3, -0.25) is 0 Å². The van der Waals surface area contributed by atoms with Gasteiger partial charge in [0, 0.05) is 25.0 Å². The van der Waals surface area contributed by atoms with Crippen LogP contribution in [0.15, 0.2) is 48.5 Å². The molecule has 2 rings (SSSR count). The zero-order valence-corrected chi connectivity index (χ0v) is 10.5. The van der Waals surface area contributed by atoms with Gasteiger partial charge in [0.05, 0.1) is 0 Å². The van der Waals surface area contributed by atoms with Crippen LogP contribution in [-0.4, -0.2) is 18.7 Å². The van der Waals surface area contributed by atoms with Gasteiger partial charge in [-0.2, -0.15) is 0 Å². The van der Waals surface area contributed by atoms with Crippen LogP contribution in [0.2, 0.25) is 0 Å². The van der Waals surface area contributed by atoms with Gasteiger partial charge < -0.3 is 15.7 Å². The molecule has 0 amide bonds. The molecule has 3 N–H and O–H groups in total. The predicted molar refractivity (Wildman–Crippen MR) is 75.9 cm³/mol. The normalized spacial score (nSPS) is 10.3. The van der Waals surface area contributed by atoms with Crippen LogP contribution < -0.4 is 10.6 Å². The number of likely N-dealkylation sites (N-methyl/N-ethyl adjacent to an activating group) is 1. The molecular formula is C15H18N2O. The number of para-hydroxylation sites is 1. The van der Waals surface area contributed by atoms with Crippen molar-refractivity contribution in [2.24, 2.45) is 0 Å². The predicted octanol–water partition coefficient (Wildman–Crippen LogP) is 2.65. The third-order valence-corrected chi connectivity index (χ3v) is 3.06. The van der Waals surface area contributed by atoms with Gasteiger partial charge in [-0.05, 0) is 42.3 Å². The van der Waals surface area contributed by atoms with Crippen LogP contribution in [0.5, 0.6) is 5.75 Å². The molecule has 0 atom stereocenters. The number of hydrogen-bond acceptors (Lipinski definition) is 3. The number of rotatable bonds is 4. The lowest BCUT2D eigenvalue weighted by Crippen LogP contribution is -2.20. The summed E-state index contributed by atoms with van der Waals surface area (Å²) in [5.74, 6) is 0.291. The first kappa shape index (κ1) is 12.3. The molecule has 94 valence electrons. The first-order valence-corrected chi connectivity index (χ1v) is 6.00. The fourth-order valence-electron chi connectivity index (χ4n) is 1.89. The maximum Gasteiger partial charge on any atom is 0.115 e. The fourth-order valence-corrected chi connectivity index (χ4v) is 1.89. The molecule has 0 fully saturated rings. The molecule has 0 radical (unpaired) electrons. The Kier molecular flexibility index (Phi) is 3.72. The molecule has 0 unspecified atom stereocenters. The van der Waals surface area contributed by atoms with E-state index >= 15 is 0 Å². The summed E-state index contributed by atoms with van der Waals surface area (Å²) >= 11 is 0. The van der Waals surface area contributed by atoms with E-state index in [1.54, 1.807) is 12.1 Å². The van der Waals surface area contributed by atoms with Crippen LogP contribution in [0, 0.1) is 0 Å². The van der Waals surface area contributed by atoms with Crippen LogP contribution in [0.3, 0.4) is 0 Å². The van der Waals surface area contributed by atoms with Gasteiger partial charge in [0.15, 0.2) is 0 Å². The minimum Gasteiger partial charge on any atom is -0.508 e. The lowest BCUT2D eigenvalue weighted by Gasteiger charge is -2.19. The van der Waals surface area contributed by atoms with Crippen molar-refractivity contribution >= 4 is 11.4 Å². The van der Waals surface area contributed by atoms with Gasteiger partial charge in [-0.15, -0.1) is 0 Å². The average molecular weight is 242 g/mol. The molecule has 3 nitrogen and oxygen atoms in total. The maximum atomic E-state index is 9.25. The van der Waals surface area contributed by atoms with E-state index in [4.69, 9.17) is 5.73 Å². The number of nitrogen functional groups attached to an aromatic ring is 1. The molecule has 0 spiro atoms. The molecule has 0 bridgehead atoms. The summed E-state index contributed by atoms with van der Waals surface area (Å²) in [6.45, 7) is 0.888. The Labute approximate surface area is 107 Å². The van der Waals surface area contributed by atoms with E-state index in [-0.39, 0.29) is 0 Å². The van der Waals surface area contributed by atoms with Crippen LogP contribution in [0.1, 0.15) is 5.56 Å². The highest BCUT2D eigenvalue weighted by atomic mass is 16.3. The summed E-state index contributed by atoms with van der Waals surface area (Å²) in [7, 11) is 2.03. The first-order valence-electron chi connectivity index (χ1n) is 6.00. The number of hydrogen-bond donors (Lipinski definition) is 2. The number of aromatic hydroxyl groups is 1. The van der Waals surface area contributed by atoms with E-state index in [1.165, 1.54) is 5.56 Å². The minimum absolute atomic E-state index is 0.291. The third-order valence-electron chi connectivity index (χ3n) is 3.06. The van der Waals surface area contributed by atoms with Crippen LogP contribution in [-0.2, 0) is 6.42 Å². The first-order chi connectivity index (χ1) is 8.66. The fraction of sp³-hybridized carbons (Fsp3) is 0.200. The molecule has 0 heterocycles. The molecule has 0 saturated heterocycles. The zero-order valence-electron chi connectivity index (χ0n) is 10.5. The molecule has 18 heavy (non-hydrogen) atoms. The Morgan fingerprint density at radius 3 is 2.39 bits per heavy atom. The second kappa shape index (κ2) is 5.45. The number of anilines is 2. The van der Waals surface area contributed by atoms with Crippen molar-refractivity contribution in [2.75, 3.05) is 24.2 Å². The monoisotopic (exact) mass is 242 g/mol.